The fourth-order valence-corrected chi connectivity index (χ4v) is 4.07. The van der Waals surface area contributed by atoms with Crippen molar-refractivity contribution in [3.8, 4) is 0 Å². The number of aryl methyl sites for hydroxylation is 1. The lowest BCUT2D eigenvalue weighted by atomic mass is 9.96. The second kappa shape index (κ2) is 7.01. The Balaban J connectivity index is 1.47. The van der Waals surface area contributed by atoms with E-state index in [1.165, 1.54) is 49.3 Å². The number of hydrogen-bond donors (Lipinski definition) is 0. The van der Waals surface area contributed by atoms with E-state index in [1.54, 1.807) is 12.1 Å². The van der Waals surface area contributed by atoms with E-state index < -0.39 is 0 Å². The van der Waals surface area contributed by atoms with Gasteiger partial charge in [0, 0.05) is 32.0 Å². The van der Waals surface area contributed by atoms with Crippen molar-refractivity contribution in [1.29, 1.82) is 0 Å². The Kier molecular flexibility index (Phi) is 4.60. The third kappa shape index (κ3) is 3.36. The van der Waals surface area contributed by atoms with Gasteiger partial charge in [-0.25, -0.2) is 4.39 Å². The number of hydrogen-bond acceptors (Lipinski definition) is 3. The smallest absolute Gasteiger partial charge is 0.137 e. The highest BCUT2D eigenvalue weighted by Crippen LogP contribution is 2.28. The largest absolute Gasteiger partial charge is 0.315 e. The first-order valence-corrected chi connectivity index (χ1v) is 9.18. The molecule has 4 nitrogen and oxygen atoms in total. The van der Waals surface area contributed by atoms with Crippen LogP contribution >= 0.6 is 0 Å². The number of nitrogens with zero attached hydrogens (tertiary/aromatic N) is 4. The van der Waals surface area contributed by atoms with Crippen molar-refractivity contribution in [2.75, 3.05) is 13.1 Å². The fourth-order valence-electron chi connectivity index (χ4n) is 4.07. The minimum Gasteiger partial charge on any atom is -0.315 e. The summed E-state index contributed by atoms with van der Waals surface area (Å²) < 4.78 is 15.5. The van der Waals surface area contributed by atoms with E-state index in [9.17, 15) is 4.39 Å². The number of rotatable bonds is 3. The fraction of sp³-hybridized carbons (Fsp3) is 0.579. The summed E-state index contributed by atoms with van der Waals surface area (Å²) in [6, 6.07) is 6.88. The molecule has 128 valence electrons. The summed E-state index contributed by atoms with van der Waals surface area (Å²) in [5, 5.41) is 9.02. The average Bonchev–Trinajstić information content (AvgIpc) is 2.86. The second-order valence-corrected chi connectivity index (χ2v) is 7.14. The molecule has 1 fully saturated rings. The molecule has 0 aliphatic carbocycles. The van der Waals surface area contributed by atoms with E-state index in [-0.39, 0.29) is 5.82 Å². The summed E-state index contributed by atoms with van der Waals surface area (Å²) in [6.07, 6.45) is 7.22. The maximum absolute atomic E-state index is 13.1. The first-order chi connectivity index (χ1) is 11.8. The van der Waals surface area contributed by atoms with E-state index >= 15 is 0 Å². The molecule has 1 aromatic heterocycles. The number of piperidine rings is 1. The minimum absolute atomic E-state index is 0.165. The van der Waals surface area contributed by atoms with Crippen LogP contribution in [0.2, 0.25) is 0 Å². The van der Waals surface area contributed by atoms with Gasteiger partial charge in [0.1, 0.15) is 17.5 Å². The van der Waals surface area contributed by atoms with E-state index in [0.717, 1.165) is 32.6 Å². The van der Waals surface area contributed by atoms with Crippen molar-refractivity contribution >= 4 is 0 Å². The average molecular weight is 328 g/mol. The molecular weight excluding hydrogens is 303 g/mol. The standard InChI is InChI=1S/C19H25FN4/c20-17-9-7-15(8-10-17)13-23-11-4-5-16(14-23)19-22-21-18-6-2-1-3-12-24(18)19/h7-10,16H,1-6,11-14H2. The van der Waals surface area contributed by atoms with Crippen molar-refractivity contribution < 1.29 is 4.39 Å². The van der Waals surface area contributed by atoms with Gasteiger partial charge in [-0.3, -0.25) is 4.90 Å². The molecule has 1 aromatic carbocycles. The summed E-state index contributed by atoms with van der Waals surface area (Å²) >= 11 is 0. The van der Waals surface area contributed by atoms with Crippen LogP contribution in [0.25, 0.3) is 0 Å². The van der Waals surface area contributed by atoms with Crippen LogP contribution in [0.3, 0.4) is 0 Å². The number of benzene rings is 1. The molecule has 2 aromatic rings. The van der Waals surface area contributed by atoms with E-state index in [4.69, 9.17) is 0 Å². The van der Waals surface area contributed by atoms with Gasteiger partial charge < -0.3 is 4.57 Å². The number of aromatic nitrogens is 3. The van der Waals surface area contributed by atoms with Gasteiger partial charge >= 0.3 is 0 Å². The molecule has 5 heteroatoms. The Morgan fingerprint density at radius 3 is 2.75 bits per heavy atom. The predicted octanol–water partition coefficient (Wildman–Crippen LogP) is 3.52. The van der Waals surface area contributed by atoms with Crippen molar-refractivity contribution in [3.05, 3.63) is 47.3 Å². The van der Waals surface area contributed by atoms with Gasteiger partial charge in [-0.15, -0.1) is 10.2 Å². The third-order valence-electron chi connectivity index (χ3n) is 5.33. The Morgan fingerprint density at radius 1 is 1.00 bits per heavy atom. The van der Waals surface area contributed by atoms with E-state index in [0.29, 0.717) is 5.92 Å². The maximum Gasteiger partial charge on any atom is 0.137 e. The molecule has 0 saturated carbocycles. The summed E-state index contributed by atoms with van der Waals surface area (Å²) in [5.74, 6) is 2.67. The molecule has 4 rings (SSSR count). The summed E-state index contributed by atoms with van der Waals surface area (Å²) in [7, 11) is 0. The zero-order valence-electron chi connectivity index (χ0n) is 14.1. The zero-order valence-corrected chi connectivity index (χ0v) is 14.1. The SMILES string of the molecule is Fc1ccc(CN2CCCC(c3nnc4n3CCCCC4)C2)cc1. The molecule has 2 aliphatic rings. The van der Waals surface area contributed by atoms with Crippen LogP contribution in [0.1, 0.15) is 55.2 Å². The van der Waals surface area contributed by atoms with Crippen LogP contribution in [0.4, 0.5) is 4.39 Å². The lowest BCUT2D eigenvalue weighted by molar-refractivity contribution is 0.194. The molecule has 1 saturated heterocycles. The lowest BCUT2D eigenvalue weighted by Crippen LogP contribution is -2.35. The molecule has 1 atom stereocenters. The van der Waals surface area contributed by atoms with Crippen molar-refractivity contribution in [2.45, 2.75) is 57.5 Å². The molecule has 0 bridgehead atoms. The number of likely N-dealkylation sites (tertiary alicyclic amines) is 1. The molecule has 24 heavy (non-hydrogen) atoms. The highest BCUT2D eigenvalue weighted by molar-refractivity contribution is 5.16. The van der Waals surface area contributed by atoms with Crippen LogP contribution in [0, 0.1) is 5.82 Å². The topological polar surface area (TPSA) is 34.0 Å². The van der Waals surface area contributed by atoms with Gasteiger partial charge in [0.25, 0.3) is 0 Å². The van der Waals surface area contributed by atoms with Crippen molar-refractivity contribution in [3.63, 3.8) is 0 Å². The molecule has 2 aliphatic heterocycles. The van der Waals surface area contributed by atoms with Crippen LogP contribution in [-0.4, -0.2) is 32.8 Å². The van der Waals surface area contributed by atoms with Crippen LogP contribution < -0.4 is 0 Å². The van der Waals surface area contributed by atoms with Gasteiger partial charge in [-0.1, -0.05) is 18.6 Å². The first kappa shape index (κ1) is 15.8. The summed E-state index contributed by atoms with van der Waals surface area (Å²) in [4.78, 5) is 2.47. The van der Waals surface area contributed by atoms with Crippen molar-refractivity contribution in [1.82, 2.24) is 19.7 Å². The lowest BCUT2D eigenvalue weighted by Gasteiger charge is -2.32. The quantitative estimate of drug-likeness (QED) is 0.864. The molecule has 0 N–H and O–H groups in total. The second-order valence-electron chi connectivity index (χ2n) is 7.14. The molecule has 0 amide bonds. The highest BCUT2D eigenvalue weighted by atomic mass is 19.1. The minimum atomic E-state index is -0.165. The highest BCUT2D eigenvalue weighted by Gasteiger charge is 2.27. The van der Waals surface area contributed by atoms with Gasteiger partial charge in [0.2, 0.25) is 0 Å². The molecule has 0 spiro atoms. The monoisotopic (exact) mass is 328 g/mol. The van der Waals surface area contributed by atoms with Crippen LogP contribution in [-0.2, 0) is 19.5 Å². The van der Waals surface area contributed by atoms with Gasteiger partial charge in [0.15, 0.2) is 0 Å². The Labute approximate surface area is 142 Å². The van der Waals surface area contributed by atoms with Gasteiger partial charge in [0.05, 0.1) is 0 Å². The van der Waals surface area contributed by atoms with Crippen LogP contribution in [0.5, 0.6) is 0 Å². The number of fused-ring (bicyclic) bond motifs is 1. The zero-order chi connectivity index (χ0) is 16.4. The molecule has 1 unspecified atom stereocenters. The number of halogens is 1. The van der Waals surface area contributed by atoms with Gasteiger partial charge in [-0.05, 0) is 49.9 Å². The maximum atomic E-state index is 13.1. The van der Waals surface area contributed by atoms with Crippen molar-refractivity contribution in [2.24, 2.45) is 0 Å². The van der Waals surface area contributed by atoms with E-state index in [2.05, 4.69) is 19.7 Å². The Morgan fingerprint density at radius 2 is 1.88 bits per heavy atom. The molecular formula is C19H25FN4. The summed E-state index contributed by atoms with van der Waals surface area (Å²) in [5.41, 5.74) is 1.18. The normalized spacial score (nSPS) is 22.1. The first-order valence-electron chi connectivity index (χ1n) is 9.18. The third-order valence-corrected chi connectivity index (χ3v) is 5.33. The summed E-state index contributed by atoms with van der Waals surface area (Å²) in [6.45, 7) is 4.09. The predicted molar refractivity (Wildman–Crippen MR) is 91.2 cm³/mol. The molecule has 3 heterocycles. The van der Waals surface area contributed by atoms with Crippen LogP contribution in [0.15, 0.2) is 24.3 Å². The molecule has 0 radical (unpaired) electrons. The Hall–Kier alpha value is -1.75. The van der Waals surface area contributed by atoms with E-state index in [1.807, 2.05) is 12.1 Å². The van der Waals surface area contributed by atoms with Gasteiger partial charge in [-0.2, -0.15) is 0 Å². The Bertz CT molecular complexity index is 679.